The third-order valence-corrected chi connectivity index (χ3v) is 3.66. The number of nitrogens with zero attached hydrogens (tertiary/aromatic N) is 1. The monoisotopic (exact) mass is 280 g/mol. The van der Waals surface area contributed by atoms with E-state index in [0.717, 1.165) is 18.9 Å². The van der Waals surface area contributed by atoms with Crippen molar-refractivity contribution in [2.45, 2.75) is 19.3 Å². The van der Waals surface area contributed by atoms with Gasteiger partial charge in [0, 0.05) is 13.1 Å². The van der Waals surface area contributed by atoms with Crippen molar-refractivity contribution in [1.82, 2.24) is 4.90 Å². The molecule has 1 aromatic carbocycles. The van der Waals surface area contributed by atoms with Crippen molar-refractivity contribution in [3.05, 3.63) is 42.0 Å². The van der Waals surface area contributed by atoms with E-state index < -0.39 is 0 Å². The molecule has 3 heteroatoms. The summed E-state index contributed by atoms with van der Waals surface area (Å²) in [5, 5.41) is 0. The molecule has 2 nitrogen and oxygen atoms in total. The number of hydrogen-bond acceptors (Lipinski definition) is 2. The van der Waals surface area contributed by atoms with E-state index in [2.05, 4.69) is 47.4 Å². The first-order valence-electron chi connectivity index (χ1n) is 7.02. The molecule has 19 heavy (non-hydrogen) atoms. The van der Waals surface area contributed by atoms with Crippen molar-refractivity contribution >= 4 is 18.5 Å². The lowest BCUT2D eigenvalue weighted by atomic mass is 9.98. The molecule has 1 saturated heterocycles. The van der Waals surface area contributed by atoms with Crippen molar-refractivity contribution in [2.24, 2.45) is 11.7 Å². The maximum atomic E-state index is 5.76. The average Bonchev–Trinajstić information content (AvgIpc) is 2.45. The normalized spacial score (nSPS) is 20.4. The summed E-state index contributed by atoms with van der Waals surface area (Å²) in [6.07, 6.45) is 8.25. The van der Waals surface area contributed by atoms with Crippen molar-refractivity contribution in [1.29, 1.82) is 0 Å². The molecule has 0 aliphatic carbocycles. The zero-order valence-corrected chi connectivity index (χ0v) is 12.3. The lowest BCUT2D eigenvalue weighted by Crippen LogP contribution is -2.38. The minimum atomic E-state index is 0. The summed E-state index contributed by atoms with van der Waals surface area (Å²) < 4.78 is 0. The molecule has 0 amide bonds. The number of benzene rings is 1. The molecule has 1 fully saturated rings. The molecule has 0 bridgehead atoms. The highest BCUT2D eigenvalue weighted by atomic mass is 35.5. The Bertz CT molecular complexity index is 364. The highest BCUT2D eigenvalue weighted by Gasteiger charge is 2.17. The van der Waals surface area contributed by atoms with Gasteiger partial charge in [-0.1, -0.05) is 42.5 Å². The van der Waals surface area contributed by atoms with E-state index in [-0.39, 0.29) is 12.4 Å². The van der Waals surface area contributed by atoms with Gasteiger partial charge in [0.15, 0.2) is 0 Å². The van der Waals surface area contributed by atoms with Crippen molar-refractivity contribution < 1.29 is 0 Å². The summed E-state index contributed by atoms with van der Waals surface area (Å²) in [5.41, 5.74) is 7.04. The van der Waals surface area contributed by atoms with Crippen LogP contribution in [0.25, 0.3) is 6.08 Å². The Morgan fingerprint density at radius 3 is 2.79 bits per heavy atom. The zero-order valence-electron chi connectivity index (χ0n) is 11.5. The molecule has 1 aliphatic rings. The van der Waals surface area contributed by atoms with Crippen LogP contribution in [0.4, 0.5) is 0 Å². The highest BCUT2D eigenvalue weighted by molar-refractivity contribution is 5.85. The fourth-order valence-corrected chi connectivity index (χ4v) is 2.59. The van der Waals surface area contributed by atoms with E-state index in [1.54, 1.807) is 0 Å². The Morgan fingerprint density at radius 2 is 2.05 bits per heavy atom. The molecule has 1 aliphatic heterocycles. The van der Waals surface area contributed by atoms with Gasteiger partial charge in [-0.05, 0) is 43.8 Å². The zero-order chi connectivity index (χ0) is 12.6. The average molecular weight is 281 g/mol. The maximum Gasteiger partial charge on any atom is 0.00218 e. The summed E-state index contributed by atoms with van der Waals surface area (Å²) in [7, 11) is 0. The lowest BCUT2D eigenvalue weighted by Gasteiger charge is -2.31. The lowest BCUT2D eigenvalue weighted by molar-refractivity contribution is 0.181. The SMILES string of the molecule is Cl.NCC1CCCN(CC/C=C/c2ccccc2)C1. The standard InChI is InChI=1S/C16H24N2.ClH/c17-13-16-10-6-12-18(14-16)11-5-4-9-15-7-2-1-3-8-15;/h1-4,7-9,16H,5-6,10-14,17H2;1H/b9-4+;. The van der Waals surface area contributed by atoms with Gasteiger partial charge in [0.25, 0.3) is 0 Å². The summed E-state index contributed by atoms with van der Waals surface area (Å²) in [6.45, 7) is 4.45. The smallest absolute Gasteiger partial charge is 0.00218 e. The Hall–Kier alpha value is -0.830. The van der Waals surface area contributed by atoms with Crippen LogP contribution in [-0.2, 0) is 0 Å². The van der Waals surface area contributed by atoms with Crippen LogP contribution >= 0.6 is 12.4 Å². The van der Waals surface area contributed by atoms with Crippen LogP contribution in [0.2, 0.25) is 0 Å². The molecule has 2 rings (SSSR count). The predicted octanol–water partition coefficient (Wildman–Crippen LogP) is 3.18. The van der Waals surface area contributed by atoms with Crippen molar-refractivity contribution in [3.8, 4) is 0 Å². The van der Waals surface area contributed by atoms with Crippen LogP contribution in [-0.4, -0.2) is 31.1 Å². The van der Waals surface area contributed by atoms with Gasteiger partial charge >= 0.3 is 0 Å². The van der Waals surface area contributed by atoms with Gasteiger partial charge in [0.05, 0.1) is 0 Å². The molecule has 1 aromatic rings. The molecule has 1 heterocycles. The predicted molar refractivity (Wildman–Crippen MR) is 85.6 cm³/mol. The van der Waals surface area contributed by atoms with Gasteiger partial charge in [-0.3, -0.25) is 0 Å². The van der Waals surface area contributed by atoms with E-state index in [9.17, 15) is 0 Å². The Kier molecular flexibility index (Phi) is 7.80. The minimum Gasteiger partial charge on any atom is -0.330 e. The van der Waals surface area contributed by atoms with E-state index in [1.807, 2.05) is 0 Å². The summed E-state index contributed by atoms with van der Waals surface area (Å²) in [4.78, 5) is 2.55. The third kappa shape index (κ3) is 5.77. The van der Waals surface area contributed by atoms with Gasteiger partial charge in [0.2, 0.25) is 0 Å². The third-order valence-electron chi connectivity index (χ3n) is 3.66. The number of halogens is 1. The van der Waals surface area contributed by atoms with Gasteiger partial charge in [0.1, 0.15) is 0 Å². The first-order valence-corrected chi connectivity index (χ1v) is 7.02. The Morgan fingerprint density at radius 1 is 1.26 bits per heavy atom. The number of nitrogens with two attached hydrogens (primary N) is 1. The summed E-state index contributed by atoms with van der Waals surface area (Å²) in [6, 6.07) is 10.5. The van der Waals surface area contributed by atoms with E-state index in [1.165, 1.54) is 38.0 Å². The molecule has 0 aromatic heterocycles. The van der Waals surface area contributed by atoms with Crippen LogP contribution < -0.4 is 5.73 Å². The molecule has 2 N–H and O–H groups in total. The van der Waals surface area contributed by atoms with Gasteiger partial charge in [-0.2, -0.15) is 0 Å². The summed E-state index contributed by atoms with van der Waals surface area (Å²) in [5.74, 6) is 0.719. The number of piperidine rings is 1. The number of likely N-dealkylation sites (tertiary alicyclic amines) is 1. The Balaban J connectivity index is 0.00000180. The fraction of sp³-hybridized carbons (Fsp3) is 0.500. The first kappa shape index (κ1) is 16.2. The summed E-state index contributed by atoms with van der Waals surface area (Å²) >= 11 is 0. The first-order chi connectivity index (χ1) is 8.88. The van der Waals surface area contributed by atoms with Crippen LogP contribution in [0.15, 0.2) is 36.4 Å². The minimum absolute atomic E-state index is 0. The molecule has 0 spiro atoms. The molecular formula is C16H25ClN2. The largest absolute Gasteiger partial charge is 0.330 e. The second kappa shape index (κ2) is 9.13. The highest BCUT2D eigenvalue weighted by Crippen LogP contribution is 2.15. The second-order valence-corrected chi connectivity index (χ2v) is 5.15. The molecular weight excluding hydrogens is 256 g/mol. The molecule has 1 atom stereocenters. The van der Waals surface area contributed by atoms with Gasteiger partial charge in [-0.15, -0.1) is 12.4 Å². The van der Waals surface area contributed by atoms with Crippen molar-refractivity contribution in [3.63, 3.8) is 0 Å². The van der Waals surface area contributed by atoms with E-state index >= 15 is 0 Å². The van der Waals surface area contributed by atoms with Crippen LogP contribution in [0, 0.1) is 5.92 Å². The fourth-order valence-electron chi connectivity index (χ4n) is 2.59. The second-order valence-electron chi connectivity index (χ2n) is 5.15. The number of hydrogen-bond donors (Lipinski definition) is 1. The number of rotatable bonds is 5. The molecule has 0 radical (unpaired) electrons. The maximum absolute atomic E-state index is 5.76. The topological polar surface area (TPSA) is 29.3 Å². The van der Waals surface area contributed by atoms with Gasteiger partial charge < -0.3 is 10.6 Å². The van der Waals surface area contributed by atoms with Crippen LogP contribution in [0.1, 0.15) is 24.8 Å². The van der Waals surface area contributed by atoms with Crippen molar-refractivity contribution in [2.75, 3.05) is 26.2 Å². The molecule has 106 valence electrons. The molecule has 1 unspecified atom stereocenters. The van der Waals surface area contributed by atoms with Crippen LogP contribution in [0.5, 0.6) is 0 Å². The molecule has 0 saturated carbocycles. The van der Waals surface area contributed by atoms with Crippen LogP contribution in [0.3, 0.4) is 0 Å². The Labute approximate surface area is 123 Å². The van der Waals surface area contributed by atoms with E-state index in [4.69, 9.17) is 5.73 Å². The van der Waals surface area contributed by atoms with E-state index in [0.29, 0.717) is 0 Å². The van der Waals surface area contributed by atoms with Gasteiger partial charge in [-0.25, -0.2) is 0 Å². The quantitative estimate of drug-likeness (QED) is 0.898.